The van der Waals surface area contributed by atoms with E-state index in [2.05, 4.69) is 38.1 Å². The number of hydrogen-bond acceptors (Lipinski definition) is 3. The van der Waals surface area contributed by atoms with Crippen molar-refractivity contribution in [3.8, 4) is 0 Å². The van der Waals surface area contributed by atoms with Crippen LogP contribution in [0.1, 0.15) is 18.0 Å². The van der Waals surface area contributed by atoms with E-state index in [9.17, 15) is 0 Å². The predicted molar refractivity (Wildman–Crippen MR) is 59.6 cm³/mol. The van der Waals surface area contributed by atoms with Gasteiger partial charge in [-0.3, -0.25) is 0 Å². The molecule has 0 saturated carbocycles. The molecule has 1 aliphatic heterocycles. The van der Waals surface area contributed by atoms with Crippen molar-refractivity contribution in [1.29, 1.82) is 0 Å². The molecule has 1 saturated heterocycles. The first-order chi connectivity index (χ1) is 6.66. The number of likely N-dealkylation sites (tertiary alicyclic amines) is 1. The summed E-state index contributed by atoms with van der Waals surface area (Å²) in [4.78, 5) is 2.30. The fourth-order valence-electron chi connectivity index (χ4n) is 1.74. The van der Waals surface area contributed by atoms with Crippen LogP contribution in [-0.4, -0.2) is 35.2 Å². The highest BCUT2D eigenvalue weighted by Crippen LogP contribution is 2.28. The Morgan fingerprint density at radius 1 is 1.57 bits per heavy atom. The molecule has 0 spiro atoms. The van der Waals surface area contributed by atoms with Crippen LogP contribution in [0, 0.1) is 0 Å². The van der Waals surface area contributed by atoms with Gasteiger partial charge in [-0.15, -0.1) is 5.10 Å². The van der Waals surface area contributed by atoms with Crippen molar-refractivity contribution in [3.63, 3.8) is 0 Å². The molecule has 1 fully saturated rings. The third kappa shape index (κ3) is 2.07. The molecule has 1 atom stereocenters. The molecule has 1 aromatic heterocycles. The fourth-order valence-corrected chi connectivity index (χ4v) is 2.15. The van der Waals surface area contributed by atoms with Crippen molar-refractivity contribution in [2.45, 2.75) is 12.3 Å². The number of aromatic nitrogens is 2. The van der Waals surface area contributed by atoms with Gasteiger partial charge in [-0.2, -0.15) is 5.10 Å². The largest absolute Gasteiger partial charge is 0.306 e. The minimum atomic E-state index is 0.431. The number of rotatable bonds is 1. The smallest absolute Gasteiger partial charge is 0.165 e. The lowest BCUT2D eigenvalue weighted by Crippen LogP contribution is -2.14. The Hall–Kier alpha value is -0.190. The number of likely N-dealkylation sites (N-methyl/N-ethyl adjacent to an activating group) is 1. The number of hydrogen-bond donors (Lipinski definition) is 0. The molecule has 2 heterocycles. The Bertz CT molecular complexity index is 345. The van der Waals surface area contributed by atoms with Gasteiger partial charge in [0, 0.05) is 12.5 Å². The van der Waals surface area contributed by atoms with Gasteiger partial charge in [-0.05, 0) is 42.0 Å². The van der Waals surface area contributed by atoms with E-state index in [4.69, 9.17) is 11.6 Å². The van der Waals surface area contributed by atoms with E-state index in [1.807, 2.05) is 6.07 Å². The highest BCUT2D eigenvalue weighted by atomic mass is 79.9. The van der Waals surface area contributed by atoms with E-state index in [1.54, 1.807) is 0 Å². The van der Waals surface area contributed by atoms with Crippen molar-refractivity contribution >= 4 is 27.5 Å². The van der Waals surface area contributed by atoms with E-state index in [-0.39, 0.29) is 0 Å². The van der Waals surface area contributed by atoms with Gasteiger partial charge in [0.05, 0.1) is 10.2 Å². The molecule has 1 aromatic rings. The van der Waals surface area contributed by atoms with Gasteiger partial charge < -0.3 is 4.90 Å². The molecule has 1 unspecified atom stereocenters. The zero-order chi connectivity index (χ0) is 10.1. The third-order valence-electron chi connectivity index (χ3n) is 2.53. The maximum atomic E-state index is 5.79. The van der Waals surface area contributed by atoms with E-state index in [1.165, 1.54) is 0 Å². The Balaban J connectivity index is 2.20. The van der Waals surface area contributed by atoms with Gasteiger partial charge in [0.2, 0.25) is 0 Å². The first kappa shape index (κ1) is 10.3. The molecule has 0 N–H and O–H groups in total. The summed E-state index contributed by atoms with van der Waals surface area (Å²) in [6, 6.07) is 1.97. The summed E-state index contributed by atoms with van der Waals surface area (Å²) in [5.41, 5.74) is 1.03. The minimum absolute atomic E-state index is 0.431. The summed E-state index contributed by atoms with van der Waals surface area (Å²) >= 11 is 9.15. The molecule has 0 bridgehead atoms. The first-order valence-corrected chi connectivity index (χ1v) is 5.71. The third-order valence-corrected chi connectivity index (χ3v) is 3.65. The van der Waals surface area contributed by atoms with Crippen LogP contribution in [0.2, 0.25) is 5.15 Å². The molecule has 76 valence electrons. The summed E-state index contributed by atoms with van der Waals surface area (Å²) in [7, 11) is 2.12. The van der Waals surface area contributed by atoms with E-state index in [0.29, 0.717) is 11.1 Å². The van der Waals surface area contributed by atoms with E-state index >= 15 is 0 Å². The SMILES string of the molecule is CN1CCC(c2cc(Br)c(Cl)nn2)C1. The molecule has 0 amide bonds. The van der Waals surface area contributed by atoms with Gasteiger partial charge in [0.1, 0.15) is 0 Å². The van der Waals surface area contributed by atoms with Crippen LogP contribution in [0.4, 0.5) is 0 Å². The normalized spacial score (nSPS) is 22.9. The van der Waals surface area contributed by atoms with Crippen LogP contribution in [-0.2, 0) is 0 Å². The van der Waals surface area contributed by atoms with Crippen LogP contribution in [0.15, 0.2) is 10.5 Å². The first-order valence-electron chi connectivity index (χ1n) is 4.54. The second-order valence-electron chi connectivity index (χ2n) is 3.66. The Kier molecular flexibility index (Phi) is 3.04. The van der Waals surface area contributed by atoms with Gasteiger partial charge >= 0.3 is 0 Å². The summed E-state index contributed by atoms with van der Waals surface area (Å²) in [5.74, 6) is 0.501. The average Bonchev–Trinajstić information content (AvgIpc) is 2.57. The molecule has 2 rings (SSSR count). The van der Waals surface area contributed by atoms with Crippen LogP contribution in [0.3, 0.4) is 0 Å². The molecular formula is C9H11BrClN3. The van der Waals surface area contributed by atoms with Crippen LogP contribution < -0.4 is 0 Å². The zero-order valence-corrected chi connectivity index (χ0v) is 10.2. The topological polar surface area (TPSA) is 29.0 Å². The highest BCUT2D eigenvalue weighted by molar-refractivity contribution is 9.10. The predicted octanol–water partition coefficient (Wildman–Crippen LogP) is 2.31. The van der Waals surface area contributed by atoms with Crippen LogP contribution >= 0.6 is 27.5 Å². The van der Waals surface area contributed by atoms with Crippen molar-refractivity contribution in [2.75, 3.05) is 20.1 Å². The van der Waals surface area contributed by atoms with Crippen molar-refractivity contribution in [1.82, 2.24) is 15.1 Å². The summed E-state index contributed by atoms with van der Waals surface area (Å²) < 4.78 is 0.832. The van der Waals surface area contributed by atoms with Gasteiger partial charge in [0.15, 0.2) is 5.15 Å². The monoisotopic (exact) mass is 275 g/mol. The summed E-state index contributed by atoms with van der Waals surface area (Å²) in [6.45, 7) is 2.19. The highest BCUT2D eigenvalue weighted by Gasteiger charge is 2.23. The number of nitrogens with zero attached hydrogens (tertiary/aromatic N) is 3. The standard InChI is InChI=1S/C9H11BrClN3/c1-14-3-2-6(5-14)8-4-7(10)9(11)13-12-8/h4,6H,2-3,5H2,1H3. The summed E-state index contributed by atoms with van der Waals surface area (Å²) in [6.07, 6.45) is 1.15. The summed E-state index contributed by atoms with van der Waals surface area (Å²) in [5, 5.41) is 8.45. The van der Waals surface area contributed by atoms with Gasteiger partial charge in [-0.1, -0.05) is 11.6 Å². The second-order valence-corrected chi connectivity index (χ2v) is 4.87. The van der Waals surface area contributed by atoms with Crippen molar-refractivity contribution < 1.29 is 0 Å². The van der Waals surface area contributed by atoms with Crippen LogP contribution in [0.25, 0.3) is 0 Å². The molecule has 14 heavy (non-hydrogen) atoms. The molecular weight excluding hydrogens is 265 g/mol. The molecule has 0 radical (unpaired) electrons. The lowest BCUT2D eigenvalue weighted by atomic mass is 10.1. The van der Waals surface area contributed by atoms with E-state index in [0.717, 1.165) is 29.7 Å². The molecule has 3 nitrogen and oxygen atoms in total. The molecule has 1 aliphatic rings. The lowest BCUT2D eigenvalue weighted by Gasteiger charge is -2.09. The molecule has 5 heteroatoms. The Labute approximate surface area is 96.6 Å². The maximum Gasteiger partial charge on any atom is 0.165 e. The van der Waals surface area contributed by atoms with Crippen molar-refractivity contribution in [3.05, 3.63) is 21.4 Å². The Morgan fingerprint density at radius 3 is 2.93 bits per heavy atom. The quantitative estimate of drug-likeness (QED) is 0.788. The van der Waals surface area contributed by atoms with Crippen molar-refractivity contribution in [2.24, 2.45) is 0 Å². The Morgan fingerprint density at radius 2 is 2.36 bits per heavy atom. The van der Waals surface area contributed by atoms with Gasteiger partial charge in [0.25, 0.3) is 0 Å². The molecule has 0 aromatic carbocycles. The minimum Gasteiger partial charge on any atom is -0.306 e. The fraction of sp³-hybridized carbons (Fsp3) is 0.556. The number of halogens is 2. The average molecular weight is 277 g/mol. The van der Waals surface area contributed by atoms with Crippen LogP contribution in [0.5, 0.6) is 0 Å². The second kappa shape index (κ2) is 4.13. The van der Waals surface area contributed by atoms with E-state index < -0.39 is 0 Å². The van der Waals surface area contributed by atoms with Gasteiger partial charge in [-0.25, -0.2) is 0 Å². The maximum absolute atomic E-state index is 5.79. The molecule has 0 aliphatic carbocycles. The lowest BCUT2D eigenvalue weighted by molar-refractivity contribution is 0.410. The zero-order valence-electron chi connectivity index (χ0n) is 7.87.